The van der Waals surface area contributed by atoms with Crippen LogP contribution in [-0.2, 0) is 15.0 Å². The summed E-state index contributed by atoms with van der Waals surface area (Å²) in [7, 11) is 0. The molecule has 0 aliphatic heterocycles. The van der Waals surface area contributed by atoms with Crippen molar-refractivity contribution >= 4 is 35.1 Å². The van der Waals surface area contributed by atoms with Gasteiger partial charge in [0.2, 0.25) is 5.91 Å². The molecule has 0 bridgehead atoms. The first-order valence-electron chi connectivity index (χ1n) is 12.5. The van der Waals surface area contributed by atoms with Gasteiger partial charge in [-0.25, -0.2) is 4.79 Å². The lowest BCUT2D eigenvalue weighted by Crippen LogP contribution is -2.49. The molecule has 0 saturated heterocycles. The molecule has 1 heterocycles. The second-order valence-corrected chi connectivity index (χ2v) is 11.6. The number of nitrogens with one attached hydrogen (secondary N) is 1. The summed E-state index contributed by atoms with van der Waals surface area (Å²) in [6, 6.07) is 17.1. The summed E-state index contributed by atoms with van der Waals surface area (Å²) in [4.78, 5) is 42.2. The van der Waals surface area contributed by atoms with Gasteiger partial charge in [0, 0.05) is 39.8 Å². The number of pyridine rings is 1. The van der Waals surface area contributed by atoms with E-state index in [-0.39, 0.29) is 17.2 Å². The van der Waals surface area contributed by atoms with Crippen LogP contribution in [0, 0.1) is 0 Å². The van der Waals surface area contributed by atoms with Gasteiger partial charge in [-0.2, -0.15) is 13.2 Å². The Hall–Kier alpha value is -3.92. The van der Waals surface area contributed by atoms with Gasteiger partial charge in [0.15, 0.2) is 0 Å². The molecule has 0 aliphatic carbocycles. The number of carbonyl (C=O) groups is 3. The van der Waals surface area contributed by atoms with Gasteiger partial charge < -0.3 is 10.4 Å². The van der Waals surface area contributed by atoms with Crippen LogP contribution in [0.5, 0.6) is 0 Å². The third-order valence-electron chi connectivity index (χ3n) is 5.57. The molecule has 3 aromatic rings. The molecule has 41 heavy (non-hydrogen) atoms. The van der Waals surface area contributed by atoms with Crippen LogP contribution in [0.3, 0.4) is 0 Å². The van der Waals surface area contributed by atoms with Gasteiger partial charge in [0.05, 0.1) is 0 Å². The molecule has 0 aliphatic rings. The Morgan fingerprint density at radius 2 is 1.44 bits per heavy atom. The van der Waals surface area contributed by atoms with Crippen LogP contribution in [0.25, 0.3) is 0 Å². The zero-order valence-corrected chi connectivity index (χ0v) is 24.3. The average molecular weight is 592 g/mol. The topological polar surface area (TPSA) is 99.6 Å². The maximum atomic E-state index is 13.9. The van der Waals surface area contributed by atoms with Crippen molar-refractivity contribution in [2.24, 2.45) is 0 Å². The number of aliphatic carboxylic acids is 1. The maximum Gasteiger partial charge on any atom is 0.490 e. The van der Waals surface area contributed by atoms with Crippen LogP contribution in [0.4, 0.5) is 18.9 Å². The molecule has 11 heteroatoms. The van der Waals surface area contributed by atoms with Crippen molar-refractivity contribution < 1.29 is 32.7 Å². The van der Waals surface area contributed by atoms with Gasteiger partial charge in [-0.1, -0.05) is 50.6 Å². The number of carboxylic acid groups (broad SMARTS) is 1. The van der Waals surface area contributed by atoms with Gasteiger partial charge in [-0.3, -0.25) is 19.5 Å². The van der Waals surface area contributed by atoms with E-state index >= 15 is 0 Å². The van der Waals surface area contributed by atoms with Gasteiger partial charge in [0.1, 0.15) is 6.04 Å². The third kappa shape index (κ3) is 9.89. The summed E-state index contributed by atoms with van der Waals surface area (Å²) in [6.07, 6.45) is -1.82. The number of alkyl halides is 3. The fourth-order valence-electron chi connectivity index (χ4n) is 3.63. The minimum absolute atomic E-state index is 0.0457. The Morgan fingerprint density at radius 1 is 0.902 bits per heavy atom. The SMILES string of the molecule is CC(C)(C)NC(=O)C(c1cccnc1)N(C(=O)c1ccc(Cl)cc1)c1ccc(C(C)(C)C)cc1.O=C(O)C(F)(F)F. The molecule has 220 valence electrons. The fraction of sp³-hybridized carbons (Fsp3) is 0.333. The van der Waals surface area contributed by atoms with Crippen molar-refractivity contribution in [1.82, 2.24) is 10.3 Å². The average Bonchev–Trinajstić information content (AvgIpc) is 2.86. The molecule has 1 atom stereocenters. The molecule has 2 aromatic carbocycles. The third-order valence-corrected chi connectivity index (χ3v) is 5.82. The van der Waals surface area contributed by atoms with Crippen LogP contribution in [0.2, 0.25) is 5.02 Å². The zero-order valence-electron chi connectivity index (χ0n) is 23.6. The van der Waals surface area contributed by atoms with E-state index in [4.69, 9.17) is 21.5 Å². The normalized spacial score (nSPS) is 12.4. The highest BCUT2D eigenvalue weighted by molar-refractivity contribution is 6.30. The summed E-state index contributed by atoms with van der Waals surface area (Å²) < 4.78 is 31.7. The Bertz CT molecular complexity index is 1330. The van der Waals surface area contributed by atoms with E-state index in [1.165, 1.54) is 4.90 Å². The fourth-order valence-corrected chi connectivity index (χ4v) is 3.76. The number of hydrogen-bond donors (Lipinski definition) is 2. The summed E-state index contributed by atoms with van der Waals surface area (Å²) in [5.41, 5.74) is 2.27. The zero-order chi connectivity index (χ0) is 31.2. The number of amides is 2. The van der Waals surface area contributed by atoms with Crippen molar-refractivity contribution in [2.45, 2.75) is 64.7 Å². The van der Waals surface area contributed by atoms with Crippen LogP contribution in [0.1, 0.15) is 69.1 Å². The van der Waals surface area contributed by atoms with E-state index in [9.17, 15) is 22.8 Å². The molecule has 3 rings (SSSR count). The summed E-state index contributed by atoms with van der Waals surface area (Å²) >= 11 is 6.06. The van der Waals surface area contributed by atoms with E-state index in [0.717, 1.165) is 5.56 Å². The lowest BCUT2D eigenvalue weighted by Gasteiger charge is -2.34. The van der Waals surface area contributed by atoms with Gasteiger partial charge in [-0.05, 0) is 74.2 Å². The lowest BCUT2D eigenvalue weighted by atomic mass is 9.87. The molecule has 1 aromatic heterocycles. The van der Waals surface area contributed by atoms with E-state index in [1.54, 1.807) is 42.7 Å². The Labute approximate surface area is 242 Å². The number of rotatable bonds is 5. The molecule has 0 spiro atoms. The monoisotopic (exact) mass is 591 g/mol. The highest BCUT2D eigenvalue weighted by Gasteiger charge is 2.38. The minimum Gasteiger partial charge on any atom is -0.475 e. The molecule has 0 radical (unpaired) electrons. The first kappa shape index (κ1) is 33.3. The second-order valence-electron chi connectivity index (χ2n) is 11.2. The van der Waals surface area contributed by atoms with E-state index in [0.29, 0.717) is 21.8 Å². The summed E-state index contributed by atoms with van der Waals surface area (Å²) in [5.74, 6) is -3.35. The number of carboxylic acids is 1. The minimum atomic E-state index is -5.08. The molecular formula is C30H33ClF3N3O4. The maximum absolute atomic E-state index is 13.9. The van der Waals surface area contributed by atoms with Crippen LogP contribution in [0.15, 0.2) is 73.1 Å². The standard InChI is InChI=1S/C28H32ClN3O2.C2HF3O2/c1-27(2,3)21-11-15-23(16-12-21)32(26(34)19-9-13-22(29)14-10-19)24(20-8-7-17-30-18-20)25(33)31-28(4,5)6;3-2(4,5)1(6)7/h7-18,24H,1-6H3,(H,31,33);(H,6,7). The molecule has 0 fully saturated rings. The Balaban J connectivity index is 0.000000745. The van der Waals surface area contributed by atoms with Gasteiger partial charge >= 0.3 is 12.1 Å². The largest absolute Gasteiger partial charge is 0.490 e. The summed E-state index contributed by atoms with van der Waals surface area (Å²) in [6.45, 7) is 12.1. The van der Waals surface area contributed by atoms with Gasteiger partial charge in [0.25, 0.3) is 5.91 Å². The summed E-state index contributed by atoms with van der Waals surface area (Å²) in [5, 5.41) is 10.7. The van der Waals surface area contributed by atoms with E-state index < -0.39 is 23.7 Å². The van der Waals surface area contributed by atoms with Gasteiger partial charge in [-0.15, -0.1) is 0 Å². The first-order chi connectivity index (χ1) is 18.8. The number of halogens is 4. The Morgan fingerprint density at radius 3 is 1.85 bits per heavy atom. The van der Waals surface area contributed by atoms with Crippen molar-refractivity contribution in [3.63, 3.8) is 0 Å². The number of carbonyl (C=O) groups excluding carboxylic acids is 2. The molecule has 1 unspecified atom stereocenters. The van der Waals surface area contributed by atoms with Crippen LogP contribution < -0.4 is 10.2 Å². The predicted molar refractivity (Wildman–Crippen MR) is 152 cm³/mol. The quantitative estimate of drug-likeness (QED) is 0.334. The molecule has 0 saturated carbocycles. The van der Waals surface area contributed by atoms with Crippen LogP contribution in [-0.4, -0.2) is 39.6 Å². The highest BCUT2D eigenvalue weighted by atomic mass is 35.5. The molecule has 7 nitrogen and oxygen atoms in total. The van der Waals surface area contributed by atoms with Crippen molar-refractivity contribution in [1.29, 1.82) is 0 Å². The van der Waals surface area contributed by atoms with Crippen molar-refractivity contribution in [2.75, 3.05) is 4.90 Å². The smallest absolute Gasteiger partial charge is 0.475 e. The second kappa shape index (κ2) is 13.2. The number of benzene rings is 2. The predicted octanol–water partition coefficient (Wildman–Crippen LogP) is 6.97. The van der Waals surface area contributed by atoms with Crippen molar-refractivity contribution in [3.8, 4) is 0 Å². The molecular weight excluding hydrogens is 559 g/mol. The molecule has 2 amide bonds. The number of aromatic nitrogens is 1. The van der Waals surface area contributed by atoms with E-state index in [1.807, 2.05) is 51.1 Å². The lowest BCUT2D eigenvalue weighted by molar-refractivity contribution is -0.192. The van der Waals surface area contributed by atoms with Crippen LogP contribution >= 0.6 is 11.6 Å². The number of anilines is 1. The highest BCUT2D eigenvalue weighted by Crippen LogP contribution is 2.32. The number of hydrogen-bond acceptors (Lipinski definition) is 4. The van der Waals surface area contributed by atoms with Crippen molar-refractivity contribution in [3.05, 3.63) is 94.8 Å². The number of nitrogens with zero attached hydrogens (tertiary/aromatic N) is 2. The first-order valence-corrected chi connectivity index (χ1v) is 12.9. The molecule has 2 N–H and O–H groups in total. The van der Waals surface area contributed by atoms with E-state index in [2.05, 4.69) is 31.1 Å². The Kier molecular flexibility index (Phi) is 10.7.